The number of hydrogen-bond donors (Lipinski definition) is 1. The summed E-state index contributed by atoms with van der Waals surface area (Å²) in [5.74, 6) is -0.846. The van der Waals surface area contributed by atoms with Crippen molar-refractivity contribution in [2.24, 2.45) is 0 Å². The van der Waals surface area contributed by atoms with E-state index in [1.54, 1.807) is 17.4 Å². The second kappa shape index (κ2) is 4.73. The monoisotopic (exact) mass is 305 g/mol. The Balaban J connectivity index is 2.14. The Morgan fingerprint density at radius 2 is 2.38 bits per heavy atom. The van der Waals surface area contributed by atoms with E-state index in [4.69, 9.17) is 0 Å². The van der Waals surface area contributed by atoms with Crippen LogP contribution in [0.1, 0.15) is 10.9 Å². The van der Waals surface area contributed by atoms with Crippen molar-refractivity contribution >= 4 is 33.7 Å². The van der Waals surface area contributed by atoms with Gasteiger partial charge in [-0.25, -0.2) is 4.39 Å². The highest BCUT2D eigenvalue weighted by atomic mass is 79.9. The zero-order valence-electron chi connectivity index (χ0n) is 8.15. The highest BCUT2D eigenvalue weighted by Crippen LogP contribution is 2.29. The van der Waals surface area contributed by atoms with Crippen LogP contribution in [0.3, 0.4) is 0 Å². The molecule has 0 aliphatic carbocycles. The average molecular weight is 306 g/mol. The van der Waals surface area contributed by atoms with E-state index in [1.165, 1.54) is 17.8 Å². The van der Waals surface area contributed by atoms with Crippen LogP contribution in [-0.4, -0.2) is 17.8 Å². The molecule has 0 amide bonds. The third-order valence-corrected chi connectivity index (χ3v) is 4.39. The number of rotatable bonds is 2. The van der Waals surface area contributed by atoms with E-state index in [0.717, 1.165) is 5.56 Å². The van der Waals surface area contributed by atoms with Crippen molar-refractivity contribution in [3.05, 3.63) is 34.1 Å². The molecule has 1 aromatic rings. The molecule has 1 saturated heterocycles. The number of carboxylic acid groups (broad SMARTS) is 1. The number of carbonyl (C=O) groups excluding carboxylic acids is 1. The highest BCUT2D eigenvalue weighted by Gasteiger charge is 2.30. The van der Waals surface area contributed by atoms with E-state index in [0.29, 0.717) is 10.2 Å². The molecule has 6 heteroatoms. The van der Waals surface area contributed by atoms with Gasteiger partial charge in [-0.05, 0) is 34.1 Å². The summed E-state index contributed by atoms with van der Waals surface area (Å²) in [6.45, 7) is 0. The van der Waals surface area contributed by atoms with Crippen molar-refractivity contribution in [3.63, 3.8) is 0 Å². The summed E-state index contributed by atoms with van der Waals surface area (Å²) in [6.07, 6.45) is 0. The van der Waals surface area contributed by atoms with Gasteiger partial charge in [0.25, 0.3) is 0 Å². The minimum Gasteiger partial charge on any atom is -0.544 e. The van der Waals surface area contributed by atoms with E-state index in [1.807, 2.05) is 0 Å². The maximum atomic E-state index is 13.0. The maximum absolute atomic E-state index is 13.0. The number of thioether (sulfide) groups is 1. The SMILES string of the molecule is O=C([O-])[C@H]1CS[C@@H](c2ccc(F)c(Br)c2)[NH2+]1. The molecule has 0 bridgehead atoms. The number of aliphatic carboxylic acids is 1. The Labute approximate surface area is 105 Å². The molecular formula is C10H9BrFNO2S. The first-order valence-electron chi connectivity index (χ1n) is 4.70. The Hall–Kier alpha value is -0.590. The molecule has 0 aromatic heterocycles. The van der Waals surface area contributed by atoms with Gasteiger partial charge in [0.2, 0.25) is 0 Å². The van der Waals surface area contributed by atoms with Gasteiger partial charge in [0.1, 0.15) is 17.8 Å². The van der Waals surface area contributed by atoms with Gasteiger partial charge in [-0.2, -0.15) is 0 Å². The summed E-state index contributed by atoms with van der Waals surface area (Å²) in [5, 5.41) is 12.4. The summed E-state index contributed by atoms with van der Waals surface area (Å²) < 4.78 is 13.4. The maximum Gasteiger partial charge on any atom is 0.159 e. The summed E-state index contributed by atoms with van der Waals surface area (Å²) in [5.41, 5.74) is 0.905. The molecule has 86 valence electrons. The first-order chi connectivity index (χ1) is 7.58. The molecule has 1 aliphatic rings. The molecule has 16 heavy (non-hydrogen) atoms. The normalized spacial score (nSPS) is 24.6. The van der Waals surface area contributed by atoms with Crippen LogP contribution in [-0.2, 0) is 4.79 Å². The van der Waals surface area contributed by atoms with Crippen molar-refractivity contribution in [2.45, 2.75) is 11.4 Å². The molecule has 1 aromatic carbocycles. The van der Waals surface area contributed by atoms with Gasteiger partial charge < -0.3 is 15.2 Å². The zero-order chi connectivity index (χ0) is 11.7. The molecule has 2 rings (SSSR count). The lowest BCUT2D eigenvalue weighted by molar-refractivity contribution is -0.690. The van der Waals surface area contributed by atoms with E-state index >= 15 is 0 Å². The van der Waals surface area contributed by atoms with E-state index < -0.39 is 12.0 Å². The van der Waals surface area contributed by atoms with Crippen molar-refractivity contribution in [1.29, 1.82) is 0 Å². The van der Waals surface area contributed by atoms with Crippen LogP contribution in [0.25, 0.3) is 0 Å². The summed E-state index contributed by atoms with van der Waals surface area (Å²) in [6, 6.07) is 4.21. The van der Waals surface area contributed by atoms with Gasteiger partial charge in [-0.1, -0.05) is 11.8 Å². The van der Waals surface area contributed by atoms with Crippen LogP contribution < -0.4 is 10.4 Å². The summed E-state index contributed by atoms with van der Waals surface area (Å²) in [7, 11) is 0. The van der Waals surface area contributed by atoms with Crippen molar-refractivity contribution in [2.75, 3.05) is 5.75 Å². The molecule has 2 atom stereocenters. The largest absolute Gasteiger partial charge is 0.544 e. The molecule has 0 radical (unpaired) electrons. The Morgan fingerprint density at radius 1 is 1.62 bits per heavy atom. The minimum absolute atomic E-state index is 0.000185. The lowest BCUT2D eigenvalue weighted by atomic mass is 10.2. The minimum atomic E-state index is -1.05. The zero-order valence-corrected chi connectivity index (χ0v) is 10.6. The smallest absolute Gasteiger partial charge is 0.159 e. The van der Waals surface area contributed by atoms with Crippen LogP contribution in [0.4, 0.5) is 4.39 Å². The Bertz CT molecular complexity index is 429. The number of hydrogen-bond acceptors (Lipinski definition) is 3. The van der Waals surface area contributed by atoms with Crippen LogP contribution in [0.5, 0.6) is 0 Å². The number of carbonyl (C=O) groups is 1. The standard InChI is InChI=1S/C10H9BrFNO2S/c11-6-3-5(1-2-7(6)12)9-13-8(4-16-9)10(14)15/h1-3,8-9,13H,4H2,(H,14,15)/t8-,9+/m1/s1. The molecule has 2 N–H and O–H groups in total. The van der Waals surface area contributed by atoms with Crippen LogP contribution >= 0.6 is 27.7 Å². The molecule has 3 nitrogen and oxygen atoms in total. The number of nitrogens with two attached hydrogens (primary N) is 1. The quantitative estimate of drug-likeness (QED) is 0.838. The molecule has 0 spiro atoms. The predicted octanol–water partition coefficient (Wildman–Crippen LogP) is 0.0155. The van der Waals surface area contributed by atoms with Crippen molar-refractivity contribution in [1.82, 2.24) is 0 Å². The summed E-state index contributed by atoms with van der Waals surface area (Å²) in [4.78, 5) is 10.7. The molecule has 0 unspecified atom stereocenters. The van der Waals surface area contributed by atoms with Gasteiger partial charge in [-0.15, -0.1) is 0 Å². The van der Waals surface area contributed by atoms with Crippen LogP contribution in [0, 0.1) is 5.82 Å². The average Bonchev–Trinajstić information content (AvgIpc) is 2.71. The number of halogens is 2. The first-order valence-corrected chi connectivity index (χ1v) is 6.54. The summed E-state index contributed by atoms with van der Waals surface area (Å²) >= 11 is 4.64. The molecule has 1 fully saturated rings. The molecular weight excluding hydrogens is 297 g/mol. The predicted molar refractivity (Wildman–Crippen MR) is 60.0 cm³/mol. The Kier molecular flexibility index (Phi) is 3.51. The van der Waals surface area contributed by atoms with Crippen LogP contribution in [0.2, 0.25) is 0 Å². The molecule has 1 heterocycles. The third-order valence-electron chi connectivity index (χ3n) is 2.44. The molecule has 0 saturated carbocycles. The fourth-order valence-electron chi connectivity index (χ4n) is 1.57. The van der Waals surface area contributed by atoms with Crippen molar-refractivity contribution in [3.8, 4) is 0 Å². The number of carboxylic acids is 1. The highest BCUT2D eigenvalue weighted by molar-refractivity contribution is 9.10. The van der Waals surface area contributed by atoms with Gasteiger partial charge in [0.15, 0.2) is 5.37 Å². The lowest BCUT2D eigenvalue weighted by Gasteiger charge is -2.11. The first kappa shape index (κ1) is 11.9. The Morgan fingerprint density at radius 3 is 2.94 bits per heavy atom. The number of quaternary nitrogens is 1. The molecule has 1 aliphatic heterocycles. The van der Waals surface area contributed by atoms with E-state index in [-0.39, 0.29) is 11.2 Å². The van der Waals surface area contributed by atoms with Gasteiger partial charge >= 0.3 is 0 Å². The van der Waals surface area contributed by atoms with E-state index in [9.17, 15) is 14.3 Å². The van der Waals surface area contributed by atoms with Gasteiger partial charge in [-0.3, -0.25) is 0 Å². The number of benzene rings is 1. The van der Waals surface area contributed by atoms with Gasteiger partial charge in [0.05, 0.1) is 10.2 Å². The van der Waals surface area contributed by atoms with Crippen LogP contribution in [0.15, 0.2) is 22.7 Å². The second-order valence-electron chi connectivity index (χ2n) is 3.55. The fraction of sp³-hybridized carbons (Fsp3) is 0.300. The fourth-order valence-corrected chi connectivity index (χ4v) is 3.27. The third kappa shape index (κ3) is 2.39. The second-order valence-corrected chi connectivity index (χ2v) is 5.57. The lowest BCUT2D eigenvalue weighted by Crippen LogP contribution is -2.90. The van der Waals surface area contributed by atoms with Gasteiger partial charge in [0, 0.05) is 5.56 Å². The van der Waals surface area contributed by atoms with Crippen molar-refractivity contribution < 1.29 is 19.6 Å². The topological polar surface area (TPSA) is 56.7 Å². The van der Waals surface area contributed by atoms with E-state index in [2.05, 4.69) is 15.9 Å².